The van der Waals surface area contributed by atoms with Crippen LogP contribution in [0.3, 0.4) is 0 Å². The van der Waals surface area contributed by atoms with Gasteiger partial charge in [0, 0.05) is 19.6 Å². The number of likely N-dealkylation sites (tertiary alicyclic amines) is 1. The van der Waals surface area contributed by atoms with E-state index in [0.29, 0.717) is 5.91 Å². The van der Waals surface area contributed by atoms with Crippen molar-refractivity contribution in [3.05, 3.63) is 0 Å². The van der Waals surface area contributed by atoms with Crippen molar-refractivity contribution in [2.75, 3.05) is 26.2 Å². The lowest BCUT2D eigenvalue weighted by atomic mass is 9.98. The van der Waals surface area contributed by atoms with Gasteiger partial charge in [-0.3, -0.25) is 4.79 Å². The summed E-state index contributed by atoms with van der Waals surface area (Å²) in [4.78, 5) is 14.5. The van der Waals surface area contributed by atoms with Gasteiger partial charge in [-0.15, -0.1) is 0 Å². The fourth-order valence-electron chi connectivity index (χ4n) is 3.74. The maximum absolute atomic E-state index is 12.3. The molecule has 1 aliphatic carbocycles. The molecular weight excluding hydrogens is 200 g/mol. The lowest BCUT2D eigenvalue weighted by molar-refractivity contribution is -0.135. The van der Waals surface area contributed by atoms with Gasteiger partial charge in [-0.1, -0.05) is 6.42 Å². The van der Waals surface area contributed by atoms with Crippen LogP contribution in [0, 0.1) is 17.8 Å². The fraction of sp³-hybridized carbons (Fsp3) is 0.923. The smallest absolute Gasteiger partial charge is 0.226 e. The Kier molecular flexibility index (Phi) is 2.88. The molecule has 3 fully saturated rings. The zero-order valence-corrected chi connectivity index (χ0v) is 9.95. The third-order valence-corrected chi connectivity index (χ3v) is 4.68. The lowest BCUT2D eigenvalue weighted by Crippen LogP contribution is -2.42. The van der Waals surface area contributed by atoms with Crippen LogP contribution in [-0.4, -0.2) is 37.0 Å². The minimum atomic E-state index is 0.271. The Hall–Kier alpha value is -0.570. The molecule has 2 unspecified atom stereocenters. The van der Waals surface area contributed by atoms with E-state index in [4.69, 9.17) is 0 Å². The maximum Gasteiger partial charge on any atom is 0.226 e. The second-order valence-electron chi connectivity index (χ2n) is 5.74. The Morgan fingerprint density at radius 2 is 1.81 bits per heavy atom. The van der Waals surface area contributed by atoms with E-state index in [1.165, 1.54) is 19.3 Å². The number of hydrogen-bond donors (Lipinski definition) is 1. The molecule has 90 valence electrons. The molecule has 0 aromatic rings. The topological polar surface area (TPSA) is 32.3 Å². The SMILES string of the molecule is O=C([C@@H]1CCCNC1)N1CC2CCCC2C1. The number of hydrogen-bond acceptors (Lipinski definition) is 2. The minimum absolute atomic E-state index is 0.271. The number of carbonyl (C=O) groups is 1. The molecule has 3 rings (SSSR count). The number of nitrogens with zero attached hydrogens (tertiary/aromatic N) is 1. The van der Waals surface area contributed by atoms with Gasteiger partial charge in [-0.2, -0.15) is 0 Å². The summed E-state index contributed by atoms with van der Waals surface area (Å²) in [6.07, 6.45) is 6.37. The zero-order chi connectivity index (χ0) is 11.0. The molecule has 3 aliphatic rings. The molecule has 3 atom stereocenters. The van der Waals surface area contributed by atoms with Crippen LogP contribution in [0.25, 0.3) is 0 Å². The Morgan fingerprint density at radius 1 is 1.06 bits per heavy atom. The normalized spacial score (nSPS) is 38.8. The molecule has 16 heavy (non-hydrogen) atoms. The summed E-state index contributed by atoms with van der Waals surface area (Å²) in [5, 5.41) is 3.34. The van der Waals surface area contributed by atoms with Gasteiger partial charge in [0.25, 0.3) is 0 Å². The van der Waals surface area contributed by atoms with Crippen molar-refractivity contribution < 1.29 is 4.79 Å². The van der Waals surface area contributed by atoms with Crippen molar-refractivity contribution in [3.8, 4) is 0 Å². The predicted octanol–water partition coefficient (Wildman–Crippen LogP) is 1.24. The highest BCUT2D eigenvalue weighted by atomic mass is 16.2. The van der Waals surface area contributed by atoms with Crippen LogP contribution in [0.4, 0.5) is 0 Å². The summed E-state index contributed by atoms with van der Waals surface area (Å²) in [6, 6.07) is 0. The van der Waals surface area contributed by atoms with Crippen molar-refractivity contribution in [3.63, 3.8) is 0 Å². The van der Waals surface area contributed by atoms with Crippen molar-refractivity contribution in [1.82, 2.24) is 10.2 Å². The highest BCUT2D eigenvalue weighted by Crippen LogP contribution is 2.38. The molecule has 0 spiro atoms. The first-order valence-electron chi connectivity index (χ1n) is 6.84. The third-order valence-electron chi connectivity index (χ3n) is 4.68. The highest BCUT2D eigenvalue weighted by molar-refractivity contribution is 5.79. The van der Waals surface area contributed by atoms with E-state index in [9.17, 15) is 4.79 Å². The molecule has 1 N–H and O–H groups in total. The van der Waals surface area contributed by atoms with E-state index < -0.39 is 0 Å². The number of fused-ring (bicyclic) bond motifs is 1. The molecule has 0 aromatic carbocycles. The molecule has 3 heteroatoms. The van der Waals surface area contributed by atoms with Crippen LogP contribution in [0.2, 0.25) is 0 Å². The second kappa shape index (κ2) is 4.36. The summed E-state index contributed by atoms with van der Waals surface area (Å²) in [5.41, 5.74) is 0. The Morgan fingerprint density at radius 3 is 2.44 bits per heavy atom. The van der Waals surface area contributed by atoms with E-state index in [0.717, 1.165) is 50.9 Å². The first-order valence-corrected chi connectivity index (χ1v) is 6.84. The van der Waals surface area contributed by atoms with Gasteiger partial charge in [0.05, 0.1) is 5.92 Å². The molecule has 2 heterocycles. The van der Waals surface area contributed by atoms with Crippen LogP contribution in [-0.2, 0) is 4.79 Å². The fourth-order valence-corrected chi connectivity index (χ4v) is 3.74. The predicted molar refractivity (Wildman–Crippen MR) is 63.0 cm³/mol. The van der Waals surface area contributed by atoms with Crippen molar-refractivity contribution in [1.29, 1.82) is 0 Å². The highest BCUT2D eigenvalue weighted by Gasteiger charge is 2.39. The summed E-state index contributed by atoms with van der Waals surface area (Å²) < 4.78 is 0. The van der Waals surface area contributed by atoms with Gasteiger partial charge in [0.1, 0.15) is 0 Å². The Bertz CT molecular complexity index is 261. The van der Waals surface area contributed by atoms with Gasteiger partial charge >= 0.3 is 0 Å². The number of piperidine rings is 1. The van der Waals surface area contributed by atoms with Crippen LogP contribution in [0.1, 0.15) is 32.1 Å². The Balaban J connectivity index is 1.59. The van der Waals surface area contributed by atoms with Gasteiger partial charge < -0.3 is 10.2 Å². The molecule has 1 saturated carbocycles. The molecule has 0 radical (unpaired) electrons. The average molecular weight is 222 g/mol. The average Bonchev–Trinajstić information content (AvgIpc) is 2.89. The number of rotatable bonds is 1. The summed E-state index contributed by atoms with van der Waals surface area (Å²) in [6.45, 7) is 4.11. The monoisotopic (exact) mass is 222 g/mol. The largest absolute Gasteiger partial charge is 0.342 e. The van der Waals surface area contributed by atoms with E-state index in [-0.39, 0.29) is 5.92 Å². The molecule has 2 aliphatic heterocycles. The van der Waals surface area contributed by atoms with Crippen LogP contribution in [0.5, 0.6) is 0 Å². The van der Waals surface area contributed by atoms with E-state index in [2.05, 4.69) is 10.2 Å². The minimum Gasteiger partial charge on any atom is -0.342 e. The molecule has 3 nitrogen and oxygen atoms in total. The molecule has 1 amide bonds. The molecule has 2 saturated heterocycles. The Labute approximate surface area is 97.6 Å². The van der Waals surface area contributed by atoms with Crippen molar-refractivity contribution in [2.24, 2.45) is 17.8 Å². The quantitative estimate of drug-likeness (QED) is 0.724. The van der Waals surface area contributed by atoms with Crippen LogP contribution < -0.4 is 5.32 Å². The summed E-state index contributed by atoms with van der Waals surface area (Å²) >= 11 is 0. The molecular formula is C13H22N2O. The number of amides is 1. The standard InChI is InChI=1S/C13H22N2O/c16-13(10-5-2-6-14-7-10)15-8-11-3-1-4-12(11)9-15/h10-12,14H,1-9H2/t10-,11?,12?/m1/s1. The zero-order valence-electron chi connectivity index (χ0n) is 9.95. The van der Waals surface area contributed by atoms with Crippen molar-refractivity contribution in [2.45, 2.75) is 32.1 Å². The van der Waals surface area contributed by atoms with Gasteiger partial charge in [-0.25, -0.2) is 0 Å². The first-order chi connectivity index (χ1) is 7.84. The second-order valence-corrected chi connectivity index (χ2v) is 5.74. The van der Waals surface area contributed by atoms with Crippen LogP contribution in [0.15, 0.2) is 0 Å². The van der Waals surface area contributed by atoms with Gasteiger partial charge in [-0.05, 0) is 44.1 Å². The number of nitrogens with one attached hydrogen (secondary N) is 1. The van der Waals surface area contributed by atoms with Crippen molar-refractivity contribution >= 4 is 5.91 Å². The van der Waals surface area contributed by atoms with E-state index in [1.54, 1.807) is 0 Å². The van der Waals surface area contributed by atoms with Gasteiger partial charge in [0.15, 0.2) is 0 Å². The summed E-state index contributed by atoms with van der Waals surface area (Å²) in [7, 11) is 0. The maximum atomic E-state index is 12.3. The first kappa shape index (κ1) is 10.6. The lowest BCUT2D eigenvalue weighted by Gasteiger charge is -2.27. The molecule has 0 bridgehead atoms. The third kappa shape index (κ3) is 1.86. The van der Waals surface area contributed by atoms with E-state index in [1.807, 2.05) is 0 Å². The summed E-state index contributed by atoms with van der Waals surface area (Å²) in [5.74, 6) is 2.37. The van der Waals surface area contributed by atoms with E-state index >= 15 is 0 Å². The number of carbonyl (C=O) groups excluding carboxylic acids is 1. The van der Waals surface area contributed by atoms with Gasteiger partial charge in [0.2, 0.25) is 5.91 Å². The van der Waals surface area contributed by atoms with Crippen LogP contribution >= 0.6 is 0 Å². The molecule has 0 aromatic heterocycles.